The van der Waals surface area contributed by atoms with Crippen molar-refractivity contribution in [3.05, 3.63) is 39.6 Å². The van der Waals surface area contributed by atoms with Crippen LogP contribution in [0.2, 0.25) is 0 Å². The minimum Gasteiger partial charge on any atom is -0.398 e. The molecule has 0 bridgehead atoms. The number of aliphatic imine (C=N–C) groups is 2. The van der Waals surface area contributed by atoms with E-state index in [0.717, 1.165) is 47.3 Å². The molecule has 0 aliphatic carbocycles. The smallest absolute Gasteiger partial charge is 0.165 e. The highest BCUT2D eigenvalue weighted by atomic mass is 32.2. The van der Waals surface area contributed by atoms with Crippen molar-refractivity contribution >= 4 is 35.3 Å². The number of rotatable bonds is 7. The van der Waals surface area contributed by atoms with Gasteiger partial charge < -0.3 is 10.6 Å². The first-order valence-electron chi connectivity index (χ1n) is 8.89. The highest BCUT2D eigenvalue weighted by Gasteiger charge is 2.38. The second-order valence-electron chi connectivity index (χ2n) is 6.33. The number of allylic oxidation sites excluding steroid dienone is 1. The number of nitrogens with two attached hydrogens (primary N) is 1. The van der Waals surface area contributed by atoms with Crippen LogP contribution in [-0.4, -0.2) is 53.4 Å². The van der Waals surface area contributed by atoms with Crippen LogP contribution in [0.1, 0.15) is 31.7 Å². The van der Waals surface area contributed by atoms with Gasteiger partial charge in [-0.3, -0.25) is 14.7 Å². The Bertz CT molecular complexity index is 735. The molecule has 1 aromatic heterocycles. The summed E-state index contributed by atoms with van der Waals surface area (Å²) in [5.41, 5.74) is 9.49. The summed E-state index contributed by atoms with van der Waals surface area (Å²) in [4.78, 5) is 15.7. The van der Waals surface area contributed by atoms with E-state index >= 15 is 0 Å². The van der Waals surface area contributed by atoms with E-state index in [0.29, 0.717) is 6.04 Å². The first-order chi connectivity index (χ1) is 12.7. The second-order valence-corrected chi connectivity index (χ2v) is 8.16. The predicted molar refractivity (Wildman–Crippen MR) is 113 cm³/mol. The van der Waals surface area contributed by atoms with Crippen molar-refractivity contribution in [2.45, 2.75) is 38.8 Å². The van der Waals surface area contributed by atoms with Crippen molar-refractivity contribution < 1.29 is 0 Å². The van der Waals surface area contributed by atoms with Crippen LogP contribution in [0.5, 0.6) is 0 Å². The van der Waals surface area contributed by atoms with Gasteiger partial charge in [-0.05, 0) is 19.4 Å². The average Bonchev–Trinajstić information content (AvgIpc) is 3.29. The van der Waals surface area contributed by atoms with Gasteiger partial charge >= 0.3 is 0 Å². The monoisotopic (exact) mass is 390 g/mol. The van der Waals surface area contributed by atoms with Crippen LogP contribution in [-0.2, 0) is 0 Å². The summed E-state index contributed by atoms with van der Waals surface area (Å²) < 4.78 is 3.60. The van der Waals surface area contributed by atoms with E-state index in [1.54, 1.807) is 36.5 Å². The lowest BCUT2D eigenvalue weighted by atomic mass is 9.99. The van der Waals surface area contributed by atoms with Crippen LogP contribution >= 0.6 is 23.3 Å². The molecular weight excluding hydrogens is 364 g/mol. The zero-order valence-corrected chi connectivity index (χ0v) is 17.1. The molecule has 0 aromatic carbocycles. The van der Waals surface area contributed by atoms with Crippen molar-refractivity contribution in [2.75, 3.05) is 19.3 Å². The molecule has 0 amide bonds. The standard InChI is InChI=1S/C18H26N6S2/c1-4-8-26-23-13-10-15-16(14(19)5-6-20-3)12(2)22-17(24(15)11-13)18-21-7-9-25-18/h5-7,9,12-13,23H,4,8,10-11,19H2,1-3H3. The van der Waals surface area contributed by atoms with E-state index in [1.165, 1.54) is 5.70 Å². The summed E-state index contributed by atoms with van der Waals surface area (Å²) in [6, 6.07) is 0.378. The van der Waals surface area contributed by atoms with Gasteiger partial charge in [-0.25, -0.2) is 4.98 Å². The van der Waals surface area contributed by atoms with E-state index in [2.05, 4.69) is 33.4 Å². The van der Waals surface area contributed by atoms with E-state index in [4.69, 9.17) is 10.7 Å². The number of aromatic nitrogens is 1. The molecule has 2 atom stereocenters. The molecule has 2 unspecified atom stereocenters. The molecule has 8 heteroatoms. The number of hydrogen-bond donors (Lipinski definition) is 2. The Morgan fingerprint density at radius 2 is 2.42 bits per heavy atom. The van der Waals surface area contributed by atoms with Gasteiger partial charge in [0.2, 0.25) is 0 Å². The van der Waals surface area contributed by atoms with Gasteiger partial charge in [-0.1, -0.05) is 18.9 Å². The zero-order chi connectivity index (χ0) is 18.5. The molecule has 3 heterocycles. The van der Waals surface area contributed by atoms with E-state index in [9.17, 15) is 0 Å². The maximum Gasteiger partial charge on any atom is 0.165 e. The summed E-state index contributed by atoms with van der Waals surface area (Å²) in [5.74, 6) is 2.08. The highest BCUT2D eigenvalue weighted by Crippen LogP contribution is 2.36. The van der Waals surface area contributed by atoms with Crippen LogP contribution in [0.15, 0.2) is 44.6 Å². The SMILES string of the molecule is CCCSNC1CC2=C(C(N)=CC=NC)C(C)N=C(c3nccs3)N2C1. The fourth-order valence-corrected chi connectivity index (χ4v) is 4.64. The molecule has 1 fully saturated rings. The Labute approximate surface area is 163 Å². The second kappa shape index (κ2) is 8.83. The molecule has 140 valence electrons. The molecule has 0 spiro atoms. The number of nitrogens with zero attached hydrogens (tertiary/aromatic N) is 4. The molecule has 6 nitrogen and oxygen atoms in total. The van der Waals surface area contributed by atoms with Gasteiger partial charge in [0.05, 0.1) is 6.04 Å². The fraction of sp³-hybridized carbons (Fsp3) is 0.500. The molecule has 3 N–H and O–H groups in total. The van der Waals surface area contributed by atoms with Crippen molar-refractivity contribution in [1.82, 2.24) is 14.6 Å². The Balaban J connectivity index is 1.93. The topological polar surface area (TPSA) is 78.9 Å². The normalized spacial score (nSPS) is 23.7. The van der Waals surface area contributed by atoms with Crippen molar-refractivity contribution in [3.8, 4) is 0 Å². The number of hydrogen-bond acceptors (Lipinski definition) is 8. The Morgan fingerprint density at radius 3 is 3.12 bits per heavy atom. The van der Waals surface area contributed by atoms with Crippen LogP contribution in [0.3, 0.4) is 0 Å². The third-order valence-corrected chi connectivity index (χ3v) is 6.24. The Morgan fingerprint density at radius 1 is 1.58 bits per heavy atom. The number of amidine groups is 1. The lowest BCUT2D eigenvalue weighted by Gasteiger charge is -2.31. The molecule has 3 rings (SSSR count). The van der Waals surface area contributed by atoms with Crippen LogP contribution in [0, 0.1) is 0 Å². The summed E-state index contributed by atoms with van der Waals surface area (Å²) in [5, 5.41) is 2.96. The van der Waals surface area contributed by atoms with Crippen LogP contribution < -0.4 is 10.5 Å². The molecule has 0 saturated carbocycles. The summed E-state index contributed by atoms with van der Waals surface area (Å²) in [6.07, 6.45) is 7.55. The largest absolute Gasteiger partial charge is 0.398 e. The molecule has 1 saturated heterocycles. The molecule has 2 aliphatic heterocycles. The third-order valence-electron chi connectivity index (χ3n) is 4.36. The van der Waals surface area contributed by atoms with Gasteiger partial charge in [0.15, 0.2) is 10.8 Å². The summed E-state index contributed by atoms with van der Waals surface area (Å²) in [7, 11) is 1.75. The van der Waals surface area contributed by atoms with Crippen LogP contribution in [0.25, 0.3) is 0 Å². The quantitative estimate of drug-likeness (QED) is 0.425. The van der Waals surface area contributed by atoms with Gasteiger partial charge in [-0.15, -0.1) is 11.3 Å². The van der Waals surface area contributed by atoms with Crippen molar-refractivity contribution in [3.63, 3.8) is 0 Å². The van der Waals surface area contributed by atoms with Crippen molar-refractivity contribution in [1.29, 1.82) is 0 Å². The number of nitrogens with one attached hydrogen (secondary N) is 1. The average molecular weight is 391 g/mol. The minimum atomic E-state index is 0.00343. The van der Waals surface area contributed by atoms with E-state index in [1.807, 2.05) is 17.7 Å². The van der Waals surface area contributed by atoms with Gasteiger partial charge in [0.1, 0.15) is 0 Å². The molecule has 26 heavy (non-hydrogen) atoms. The Kier molecular flexibility index (Phi) is 6.50. The van der Waals surface area contributed by atoms with Crippen LogP contribution in [0.4, 0.5) is 0 Å². The number of thiazole rings is 1. The maximum atomic E-state index is 6.39. The van der Waals surface area contributed by atoms with Crippen molar-refractivity contribution in [2.24, 2.45) is 15.7 Å². The van der Waals surface area contributed by atoms with E-state index < -0.39 is 0 Å². The first kappa shape index (κ1) is 19.1. The van der Waals surface area contributed by atoms with Gasteiger partial charge in [-0.2, -0.15) is 0 Å². The zero-order valence-electron chi connectivity index (χ0n) is 15.5. The Hall–Kier alpha value is -1.64. The lowest BCUT2D eigenvalue weighted by molar-refractivity contribution is 0.528. The number of fused-ring (bicyclic) bond motifs is 1. The maximum absolute atomic E-state index is 6.39. The van der Waals surface area contributed by atoms with Gasteiger partial charge in [0.25, 0.3) is 0 Å². The predicted octanol–water partition coefficient (Wildman–Crippen LogP) is 2.81. The fourth-order valence-electron chi connectivity index (χ4n) is 3.28. The first-order valence-corrected chi connectivity index (χ1v) is 10.8. The molecule has 1 aromatic rings. The third kappa shape index (κ3) is 4.02. The molecule has 2 aliphatic rings. The molecule has 0 radical (unpaired) electrons. The summed E-state index contributed by atoms with van der Waals surface area (Å²) in [6.45, 7) is 5.18. The lowest BCUT2D eigenvalue weighted by Crippen LogP contribution is -2.37. The molecular formula is C18H26N6S2. The van der Waals surface area contributed by atoms with E-state index in [-0.39, 0.29) is 6.04 Å². The summed E-state index contributed by atoms with van der Waals surface area (Å²) >= 11 is 3.43. The highest BCUT2D eigenvalue weighted by molar-refractivity contribution is 7.97. The minimum absolute atomic E-state index is 0.00343. The van der Waals surface area contributed by atoms with Gasteiger partial charge in [0, 0.05) is 66.6 Å².